The fraction of sp³-hybridized carbons (Fsp3) is 0.733. The van der Waals surface area contributed by atoms with Crippen molar-refractivity contribution in [2.24, 2.45) is 5.92 Å². The third-order valence-corrected chi connectivity index (χ3v) is 4.64. The number of nitrogens with zero attached hydrogens (tertiary/aromatic N) is 1. The monoisotopic (exact) mass is 277 g/mol. The van der Waals surface area contributed by atoms with Crippen molar-refractivity contribution in [2.75, 3.05) is 0 Å². The quantitative estimate of drug-likeness (QED) is 0.769. The van der Waals surface area contributed by atoms with Crippen LogP contribution in [0, 0.1) is 12.8 Å². The Kier molecular flexibility index (Phi) is 3.54. The minimum Gasteiger partial charge on any atom is -0.393 e. The van der Waals surface area contributed by atoms with Gasteiger partial charge in [0.15, 0.2) is 0 Å². The van der Waals surface area contributed by atoms with E-state index < -0.39 is 0 Å². The lowest BCUT2D eigenvalue weighted by atomic mass is 9.76. The van der Waals surface area contributed by atoms with Crippen LogP contribution in [-0.2, 0) is 0 Å². The summed E-state index contributed by atoms with van der Waals surface area (Å²) in [6.07, 6.45) is 4.60. The standard InChI is InChI=1S/C15H23N3O2/c1-3-12(10-6-11(19)7-10)16-15(20)13-8(2)17-18-14(13)9-4-5-9/h9-12,19H,3-7H2,1-2H3,(H,16,20)(H,17,18). The Labute approximate surface area is 119 Å². The van der Waals surface area contributed by atoms with Crippen molar-refractivity contribution in [1.29, 1.82) is 0 Å². The second-order valence-corrected chi connectivity index (χ2v) is 6.26. The zero-order valence-electron chi connectivity index (χ0n) is 12.1. The smallest absolute Gasteiger partial charge is 0.255 e. The molecular weight excluding hydrogens is 254 g/mol. The Morgan fingerprint density at radius 3 is 2.75 bits per heavy atom. The average Bonchev–Trinajstić information content (AvgIpc) is 3.15. The van der Waals surface area contributed by atoms with E-state index in [4.69, 9.17) is 0 Å². The molecule has 1 amide bonds. The first-order valence-electron chi connectivity index (χ1n) is 7.64. The van der Waals surface area contributed by atoms with Gasteiger partial charge in [-0.05, 0) is 44.9 Å². The van der Waals surface area contributed by atoms with Gasteiger partial charge in [0.05, 0.1) is 17.4 Å². The topological polar surface area (TPSA) is 78.0 Å². The van der Waals surface area contributed by atoms with Crippen molar-refractivity contribution in [2.45, 2.75) is 64.0 Å². The number of aromatic nitrogens is 2. The molecule has 1 unspecified atom stereocenters. The second-order valence-electron chi connectivity index (χ2n) is 6.26. The molecular formula is C15H23N3O2. The largest absolute Gasteiger partial charge is 0.393 e. The van der Waals surface area contributed by atoms with E-state index in [1.165, 1.54) is 0 Å². The Bertz CT molecular complexity index is 501. The molecule has 1 heterocycles. The molecule has 2 aliphatic rings. The van der Waals surface area contributed by atoms with Gasteiger partial charge in [0, 0.05) is 17.7 Å². The van der Waals surface area contributed by atoms with Crippen LogP contribution in [0.5, 0.6) is 0 Å². The van der Waals surface area contributed by atoms with E-state index in [1.54, 1.807) is 0 Å². The number of aliphatic hydroxyl groups excluding tert-OH is 1. The minimum atomic E-state index is -0.177. The van der Waals surface area contributed by atoms with Gasteiger partial charge in [-0.25, -0.2) is 0 Å². The number of amides is 1. The molecule has 110 valence electrons. The van der Waals surface area contributed by atoms with Crippen LogP contribution < -0.4 is 5.32 Å². The summed E-state index contributed by atoms with van der Waals surface area (Å²) < 4.78 is 0. The molecule has 0 aromatic carbocycles. The summed E-state index contributed by atoms with van der Waals surface area (Å²) in [6.45, 7) is 3.99. The highest BCUT2D eigenvalue weighted by atomic mass is 16.3. The lowest BCUT2D eigenvalue weighted by Crippen LogP contribution is -2.46. The lowest BCUT2D eigenvalue weighted by Gasteiger charge is -2.37. The van der Waals surface area contributed by atoms with Gasteiger partial charge in [-0.3, -0.25) is 9.89 Å². The van der Waals surface area contributed by atoms with Gasteiger partial charge in [-0.15, -0.1) is 0 Å². The van der Waals surface area contributed by atoms with E-state index in [0.29, 0.717) is 11.8 Å². The van der Waals surface area contributed by atoms with Gasteiger partial charge in [0.1, 0.15) is 0 Å². The van der Waals surface area contributed by atoms with E-state index in [-0.39, 0.29) is 18.1 Å². The Morgan fingerprint density at radius 1 is 1.50 bits per heavy atom. The SMILES string of the molecule is CCC(NC(=O)c1c(C2CC2)n[nH]c1C)C1CC(O)C1. The van der Waals surface area contributed by atoms with Gasteiger partial charge in [-0.1, -0.05) is 6.92 Å². The van der Waals surface area contributed by atoms with Crippen molar-refractivity contribution >= 4 is 5.91 Å². The third kappa shape index (κ3) is 2.46. The molecule has 1 aromatic rings. The normalized spacial score (nSPS) is 26.9. The van der Waals surface area contributed by atoms with Gasteiger partial charge in [0.2, 0.25) is 0 Å². The lowest BCUT2D eigenvalue weighted by molar-refractivity contribution is 0.0232. The highest BCUT2D eigenvalue weighted by Crippen LogP contribution is 2.41. The van der Waals surface area contributed by atoms with Crippen LogP contribution in [0.25, 0.3) is 0 Å². The van der Waals surface area contributed by atoms with Gasteiger partial charge < -0.3 is 10.4 Å². The molecule has 2 fully saturated rings. The molecule has 1 atom stereocenters. The van der Waals surface area contributed by atoms with Crippen LogP contribution in [0.15, 0.2) is 0 Å². The number of aromatic amines is 1. The number of nitrogens with one attached hydrogen (secondary N) is 2. The van der Waals surface area contributed by atoms with E-state index >= 15 is 0 Å². The van der Waals surface area contributed by atoms with E-state index in [2.05, 4.69) is 22.4 Å². The number of hydrogen-bond donors (Lipinski definition) is 3. The summed E-state index contributed by atoms with van der Waals surface area (Å²) in [6, 6.07) is 0.159. The number of carbonyl (C=O) groups is 1. The van der Waals surface area contributed by atoms with Gasteiger partial charge in [-0.2, -0.15) is 5.10 Å². The number of aryl methyl sites for hydroxylation is 1. The van der Waals surface area contributed by atoms with Crippen molar-refractivity contribution in [3.05, 3.63) is 17.0 Å². The average molecular weight is 277 g/mol. The van der Waals surface area contributed by atoms with E-state index in [9.17, 15) is 9.90 Å². The molecule has 20 heavy (non-hydrogen) atoms. The molecule has 0 saturated heterocycles. The summed E-state index contributed by atoms with van der Waals surface area (Å²) in [5, 5.41) is 19.8. The number of H-pyrrole nitrogens is 1. The van der Waals surface area contributed by atoms with Crippen LogP contribution in [0.4, 0.5) is 0 Å². The van der Waals surface area contributed by atoms with Gasteiger partial charge >= 0.3 is 0 Å². The number of aliphatic hydroxyl groups is 1. The Hall–Kier alpha value is -1.36. The fourth-order valence-electron chi connectivity index (χ4n) is 3.14. The molecule has 5 heteroatoms. The van der Waals surface area contributed by atoms with Crippen LogP contribution in [-0.4, -0.2) is 33.4 Å². The number of carbonyl (C=O) groups excluding carboxylic acids is 1. The van der Waals surface area contributed by atoms with Crippen molar-refractivity contribution in [3.8, 4) is 0 Å². The molecule has 0 bridgehead atoms. The predicted molar refractivity (Wildman–Crippen MR) is 75.6 cm³/mol. The summed E-state index contributed by atoms with van der Waals surface area (Å²) >= 11 is 0. The number of rotatable bonds is 5. The Balaban J connectivity index is 1.70. The minimum absolute atomic E-state index is 0.00797. The summed E-state index contributed by atoms with van der Waals surface area (Å²) in [5.41, 5.74) is 2.53. The summed E-state index contributed by atoms with van der Waals surface area (Å²) in [4.78, 5) is 12.5. The van der Waals surface area contributed by atoms with E-state index in [0.717, 1.165) is 49.1 Å². The van der Waals surface area contributed by atoms with Crippen LogP contribution in [0.1, 0.15) is 66.7 Å². The zero-order chi connectivity index (χ0) is 14.3. The first-order valence-corrected chi connectivity index (χ1v) is 7.64. The zero-order valence-corrected chi connectivity index (χ0v) is 12.1. The highest BCUT2D eigenvalue weighted by Gasteiger charge is 2.36. The molecule has 0 spiro atoms. The first-order chi connectivity index (χ1) is 9.60. The fourth-order valence-corrected chi connectivity index (χ4v) is 3.14. The van der Waals surface area contributed by atoms with Crippen molar-refractivity contribution < 1.29 is 9.90 Å². The molecule has 1 aromatic heterocycles. The van der Waals surface area contributed by atoms with Crippen LogP contribution >= 0.6 is 0 Å². The molecule has 5 nitrogen and oxygen atoms in total. The van der Waals surface area contributed by atoms with Crippen molar-refractivity contribution in [1.82, 2.24) is 15.5 Å². The highest BCUT2D eigenvalue weighted by molar-refractivity contribution is 5.96. The second kappa shape index (κ2) is 5.20. The summed E-state index contributed by atoms with van der Waals surface area (Å²) in [7, 11) is 0. The third-order valence-electron chi connectivity index (χ3n) is 4.64. The maximum Gasteiger partial charge on any atom is 0.255 e. The van der Waals surface area contributed by atoms with Crippen LogP contribution in [0.3, 0.4) is 0 Å². The molecule has 0 radical (unpaired) electrons. The van der Waals surface area contributed by atoms with E-state index in [1.807, 2.05) is 6.92 Å². The first kappa shape index (κ1) is 13.6. The predicted octanol–water partition coefficient (Wildman–Crippen LogP) is 1.87. The molecule has 3 rings (SSSR count). The molecule has 2 aliphatic carbocycles. The maximum absolute atomic E-state index is 12.5. The molecule has 0 aliphatic heterocycles. The molecule has 2 saturated carbocycles. The Morgan fingerprint density at radius 2 is 2.20 bits per heavy atom. The van der Waals surface area contributed by atoms with Crippen molar-refractivity contribution in [3.63, 3.8) is 0 Å². The summed E-state index contributed by atoms with van der Waals surface area (Å²) in [5.74, 6) is 0.869. The van der Waals surface area contributed by atoms with Gasteiger partial charge in [0.25, 0.3) is 5.91 Å². The maximum atomic E-state index is 12.5. The molecule has 3 N–H and O–H groups in total. The van der Waals surface area contributed by atoms with Crippen LogP contribution in [0.2, 0.25) is 0 Å². The number of hydrogen-bond acceptors (Lipinski definition) is 3.